The first-order chi connectivity index (χ1) is 8.54. The summed E-state index contributed by atoms with van der Waals surface area (Å²) in [4.78, 5) is 3.29. The van der Waals surface area contributed by atoms with Crippen molar-refractivity contribution in [3.05, 3.63) is 23.0 Å². The van der Waals surface area contributed by atoms with Gasteiger partial charge in [0.1, 0.15) is 5.75 Å². The zero-order valence-electron chi connectivity index (χ0n) is 11.0. The number of nitrogens with one attached hydrogen (secondary N) is 1. The van der Waals surface area contributed by atoms with E-state index < -0.39 is 0 Å². The number of nitrogens with zero attached hydrogens (tertiary/aromatic N) is 1. The predicted molar refractivity (Wildman–Crippen MR) is 75.7 cm³/mol. The molecular weight excluding hydrogens is 244 g/mol. The second-order valence-electron chi connectivity index (χ2n) is 5.58. The van der Waals surface area contributed by atoms with Crippen molar-refractivity contribution in [3.8, 4) is 5.75 Å². The van der Waals surface area contributed by atoms with Crippen molar-refractivity contribution in [1.82, 2.24) is 9.55 Å². The summed E-state index contributed by atoms with van der Waals surface area (Å²) in [7, 11) is 1.68. The van der Waals surface area contributed by atoms with E-state index in [-0.39, 0.29) is 5.54 Å². The van der Waals surface area contributed by atoms with Crippen LogP contribution in [0.15, 0.2) is 18.2 Å². The van der Waals surface area contributed by atoms with Crippen molar-refractivity contribution in [1.29, 1.82) is 0 Å². The Morgan fingerprint density at radius 1 is 1.39 bits per heavy atom. The fourth-order valence-corrected chi connectivity index (χ4v) is 3.21. The van der Waals surface area contributed by atoms with Crippen LogP contribution < -0.4 is 4.74 Å². The lowest BCUT2D eigenvalue weighted by Gasteiger charge is -2.27. The van der Waals surface area contributed by atoms with Crippen LogP contribution >= 0.6 is 12.2 Å². The molecular formula is C14H18N2OS. The molecule has 0 saturated heterocycles. The largest absolute Gasteiger partial charge is 0.497 e. The normalized spacial score (nSPS) is 16.2. The monoisotopic (exact) mass is 262 g/mol. The molecule has 3 nitrogen and oxygen atoms in total. The summed E-state index contributed by atoms with van der Waals surface area (Å²) in [6.07, 6.45) is 2.61. The number of methoxy groups -OCH3 is 1. The summed E-state index contributed by atoms with van der Waals surface area (Å²) in [5, 5.41) is 0. The maximum absolute atomic E-state index is 5.49. The number of hydrogen-bond donors (Lipinski definition) is 1. The highest BCUT2D eigenvalue weighted by Gasteiger charge is 2.40. The average Bonchev–Trinajstić information content (AvgIpc) is 3.11. The minimum Gasteiger partial charge on any atom is -0.497 e. The van der Waals surface area contributed by atoms with Gasteiger partial charge in [0.2, 0.25) is 0 Å². The molecule has 2 aromatic rings. The van der Waals surface area contributed by atoms with E-state index in [2.05, 4.69) is 29.5 Å². The van der Waals surface area contributed by atoms with E-state index in [1.807, 2.05) is 12.1 Å². The third-order valence-corrected chi connectivity index (χ3v) is 4.33. The Balaban J connectivity index is 2.23. The van der Waals surface area contributed by atoms with Crippen molar-refractivity contribution in [2.24, 2.45) is 5.92 Å². The molecule has 0 bridgehead atoms. The van der Waals surface area contributed by atoms with Crippen LogP contribution in [0, 0.1) is 10.7 Å². The van der Waals surface area contributed by atoms with Gasteiger partial charge in [0.05, 0.1) is 18.1 Å². The van der Waals surface area contributed by atoms with E-state index in [4.69, 9.17) is 17.0 Å². The number of aromatic amines is 1. The minimum atomic E-state index is 0.0872. The Morgan fingerprint density at radius 3 is 2.72 bits per heavy atom. The maximum atomic E-state index is 5.49. The first-order valence-corrected chi connectivity index (χ1v) is 6.74. The van der Waals surface area contributed by atoms with Gasteiger partial charge in [-0.1, -0.05) is 0 Å². The highest BCUT2D eigenvalue weighted by Crippen LogP contribution is 2.45. The topological polar surface area (TPSA) is 29.9 Å². The Bertz CT molecular complexity index is 649. The van der Waals surface area contributed by atoms with Crippen LogP contribution in [0.3, 0.4) is 0 Å². The molecule has 1 aliphatic carbocycles. The smallest absolute Gasteiger partial charge is 0.178 e. The lowest BCUT2D eigenvalue weighted by Crippen LogP contribution is -2.28. The number of H-pyrrole nitrogens is 1. The fraction of sp³-hybridized carbons (Fsp3) is 0.500. The van der Waals surface area contributed by atoms with Gasteiger partial charge in [-0.2, -0.15) is 0 Å². The number of imidazole rings is 1. The van der Waals surface area contributed by atoms with Crippen LogP contribution in [0.25, 0.3) is 11.0 Å². The third kappa shape index (κ3) is 1.67. The summed E-state index contributed by atoms with van der Waals surface area (Å²) in [5.41, 5.74) is 2.30. The van der Waals surface area contributed by atoms with Gasteiger partial charge in [0, 0.05) is 11.6 Å². The molecule has 1 aliphatic rings. The summed E-state index contributed by atoms with van der Waals surface area (Å²) in [6, 6.07) is 6.08. The van der Waals surface area contributed by atoms with E-state index in [1.165, 1.54) is 12.8 Å². The third-order valence-electron chi connectivity index (χ3n) is 4.04. The number of benzene rings is 1. The minimum absolute atomic E-state index is 0.0872. The van der Waals surface area contributed by atoms with Crippen LogP contribution in [0.5, 0.6) is 5.75 Å². The standard InChI is InChI=1S/C14H18N2OS/c1-14(2,9-4-5-9)16-12-7-6-10(17-3)8-11(12)15-13(16)18/h6-9H,4-5H2,1-3H3,(H,15,18). The quantitative estimate of drug-likeness (QED) is 0.851. The maximum Gasteiger partial charge on any atom is 0.178 e. The van der Waals surface area contributed by atoms with Gasteiger partial charge in [0.25, 0.3) is 0 Å². The second kappa shape index (κ2) is 3.85. The van der Waals surface area contributed by atoms with Crippen LogP contribution in [0.4, 0.5) is 0 Å². The lowest BCUT2D eigenvalue weighted by molar-refractivity contribution is 0.310. The molecule has 0 atom stereocenters. The van der Waals surface area contributed by atoms with Gasteiger partial charge in [-0.3, -0.25) is 0 Å². The molecule has 0 amide bonds. The lowest BCUT2D eigenvalue weighted by atomic mass is 9.98. The van der Waals surface area contributed by atoms with Gasteiger partial charge in [-0.25, -0.2) is 0 Å². The number of ether oxygens (including phenoxy) is 1. The first kappa shape index (κ1) is 11.8. The molecule has 1 aromatic heterocycles. The molecule has 1 N–H and O–H groups in total. The van der Waals surface area contributed by atoms with Gasteiger partial charge < -0.3 is 14.3 Å². The van der Waals surface area contributed by atoms with Crippen molar-refractivity contribution < 1.29 is 4.74 Å². The molecule has 1 fully saturated rings. The molecule has 1 heterocycles. The molecule has 0 spiro atoms. The number of hydrogen-bond acceptors (Lipinski definition) is 2. The average molecular weight is 262 g/mol. The SMILES string of the molecule is COc1ccc2c(c1)[nH]c(=S)n2C(C)(C)C1CC1. The van der Waals surface area contributed by atoms with E-state index in [0.29, 0.717) is 0 Å². The van der Waals surface area contributed by atoms with E-state index in [9.17, 15) is 0 Å². The highest BCUT2D eigenvalue weighted by atomic mass is 32.1. The van der Waals surface area contributed by atoms with Crippen molar-refractivity contribution in [3.63, 3.8) is 0 Å². The van der Waals surface area contributed by atoms with E-state index >= 15 is 0 Å². The van der Waals surface area contributed by atoms with E-state index in [1.54, 1.807) is 7.11 Å². The first-order valence-electron chi connectivity index (χ1n) is 6.33. The summed E-state index contributed by atoms with van der Waals surface area (Å²) in [5.74, 6) is 1.60. The molecule has 18 heavy (non-hydrogen) atoms. The summed E-state index contributed by atoms with van der Waals surface area (Å²) >= 11 is 5.49. The van der Waals surface area contributed by atoms with Gasteiger partial charge in [0.15, 0.2) is 4.77 Å². The van der Waals surface area contributed by atoms with Crippen molar-refractivity contribution >= 4 is 23.3 Å². The Hall–Kier alpha value is -1.29. The zero-order chi connectivity index (χ0) is 12.9. The molecule has 0 aliphatic heterocycles. The Morgan fingerprint density at radius 2 is 2.11 bits per heavy atom. The van der Waals surface area contributed by atoms with Crippen LogP contribution in [0.1, 0.15) is 26.7 Å². The fourth-order valence-electron chi connectivity index (χ4n) is 2.76. The Labute approximate surface area is 112 Å². The molecule has 3 rings (SSSR count). The van der Waals surface area contributed by atoms with Gasteiger partial charge in [-0.15, -0.1) is 0 Å². The molecule has 0 unspecified atom stereocenters. The van der Waals surface area contributed by atoms with Crippen LogP contribution in [-0.2, 0) is 5.54 Å². The van der Waals surface area contributed by atoms with Gasteiger partial charge >= 0.3 is 0 Å². The Kier molecular flexibility index (Phi) is 2.52. The van der Waals surface area contributed by atoms with Gasteiger partial charge in [-0.05, 0) is 57.0 Å². The molecule has 96 valence electrons. The number of rotatable bonds is 3. The molecule has 0 radical (unpaired) electrons. The predicted octanol–water partition coefficient (Wildman–Crippen LogP) is 3.85. The van der Waals surface area contributed by atoms with Crippen molar-refractivity contribution in [2.75, 3.05) is 7.11 Å². The zero-order valence-corrected chi connectivity index (χ0v) is 11.8. The molecule has 1 saturated carbocycles. The van der Waals surface area contributed by atoms with Crippen LogP contribution in [0.2, 0.25) is 0 Å². The summed E-state index contributed by atoms with van der Waals surface area (Å²) in [6.45, 7) is 4.55. The van der Waals surface area contributed by atoms with E-state index in [0.717, 1.165) is 27.5 Å². The van der Waals surface area contributed by atoms with Crippen molar-refractivity contribution in [2.45, 2.75) is 32.2 Å². The molecule has 1 aromatic carbocycles. The highest BCUT2D eigenvalue weighted by molar-refractivity contribution is 7.71. The molecule has 4 heteroatoms. The second-order valence-corrected chi connectivity index (χ2v) is 5.96. The van der Waals surface area contributed by atoms with Crippen LogP contribution in [-0.4, -0.2) is 16.7 Å². The summed E-state index contributed by atoms with van der Waals surface area (Å²) < 4.78 is 8.31. The number of aromatic nitrogens is 2. The number of fused-ring (bicyclic) bond motifs is 1.